The number of methoxy groups -OCH3 is 2. The van der Waals surface area contributed by atoms with Gasteiger partial charge in [-0.15, -0.1) is 11.3 Å². The molecule has 4 rings (SSSR count). The summed E-state index contributed by atoms with van der Waals surface area (Å²) in [5.41, 5.74) is 5.70. The molecule has 36 heavy (non-hydrogen) atoms. The number of thiazole rings is 1. The van der Waals surface area contributed by atoms with E-state index in [0.717, 1.165) is 58.5 Å². The Balaban J connectivity index is 1.67. The quantitative estimate of drug-likeness (QED) is 0.273. The van der Waals surface area contributed by atoms with Crippen molar-refractivity contribution >= 4 is 17.2 Å². The van der Waals surface area contributed by atoms with Crippen LogP contribution in [-0.2, 0) is 13.0 Å². The number of aryl methyl sites for hydroxylation is 1. The molecule has 188 valence electrons. The number of carbonyl (C=O) groups is 1. The van der Waals surface area contributed by atoms with Crippen molar-refractivity contribution in [2.24, 2.45) is 0 Å². The summed E-state index contributed by atoms with van der Waals surface area (Å²) in [6.45, 7) is 6.84. The smallest absolute Gasteiger partial charge is 0.253 e. The molecular formula is C29H33N3O3S. The Labute approximate surface area is 216 Å². The van der Waals surface area contributed by atoms with Crippen LogP contribution in [0.2, 0.25) is 0 Å². The van der Waals surface area contributed by atoms with Gasteiger partial charge in [-0.2, -0.15) is 0 Å². The van der Waals surface area contributed by atoms with Gasteiger partial charge < -0.3 is 19.4 Å². The summed E-state index contributed by atoms with van der Waals surface area (Å²) in [6, 6.07) is 18.1. The molecular weight excluding hydrogens is 470 g/mol. The van der Waals surface area contributed by atoms with Crippen molar-refractivity contribution in [3.05, 3.63) is 76.8 Å². The minimum absolute atomic E-state index is 0.0445. The van der Waals surface area contributed by atoms with Crippen LogP contribution in [0, 0.1) is 6.92 Å². The standard InChI is InChI=1S/C29H33N3O3S/c1-6-19(2)30-28(33)25-17-27(26-18-36-29(31-26)22-9-13-24(35-5)14-10-22)32(20(25)3)16-15-21-7-11-23(34-4)12-8-21/h7-14,17-19H,6,15-16H2,1-5H3,(H,30,33). The maximum atomic E-state index is 13.1. The van der Waals surface area contributed by atoms with E-state index in [1.807, 2.05) is 56.3 Å². The number of rotatable bonds is 10. The second kappa shape index (κ2) is 11.4. The maximum absolute atomic E-state index is 13.1. The van der Waals surface area contributed by atoms with E-state index in [0.29, 0.717) is 5.56 Å². The highest BCUT2D eigenvalue weighted by Gasteiger charge is 2.21. The third-order valence-corrected chi connectivity index (χ3v) is 7.38. The number of benzene rings is 2. The zero-order chi connectivity index (χ0) is 25.7. The van der Waals surface area contributed by atoms with Gasteiger partial charge in [-0.1, -0.05) is 19.1 Å². The van der Waals surface area contributed by atoms with Crippen molar-refractivity contribution in [1.82, 2.24) is 14.9 Å². The summed E-state index contributed by atoms with van der Waals surface area (Å²) in [5.74, 6) is 1.61. The molecule has 2 heterocycles. The van der Waals surface area contributed by atoms with Gasteiger partial charge in [0, 0.05) is 29.2 Å². The van der Waals surface area contributed by atoms with Crippen LogP contribution in [0.25, 0.3) is 22.0 Å². The summed E-state index contributed by atoms with van der Waals surface area (Å²) < 4.78 is 12.8. The highest BCUT2D eigenvalue weighted by Crippen LogP contribution is 2.32. The zero-order valence-electron chi connectivity index (χ0n) is 21.5. The van der Waals surface area contributed by atoms with Gasteiger partial charge in [0.15, 0.2) is 0 Å². The Kier molecular flexibility index (Phi) is 8.10. The average molecular weight is 504 g/mol. The lowest BCUT2D eigenvalue weighted by molar-refractivity contribution is 0.0938. The number of nitrogens with one attached hydrogen (secondary N) is 1. The number of aromatic nitrogens is 2. The minimum Gasteiger partial charge on any atom is -0.497 e. The molecule has 1 amide bonds. The molecule has 0 radical (unpaired) electrons. The van der Waals surface area contributed by atoms with E-state index >= 15 is 0 Å². The second-order valence-electron chi connectivity index (χ2n) is 8.83. The summed E-state index contributed by atoms with van der Waals surface area (Å²) >= 11 is 1.60. The largest absolute Gasteiger partial charge is 0.497 e. The fourth-order valence-electron chi connectivity index (χ4n) is 4.07. The van der Waals surface area contributed by atoms with Gasteiger partial charge in [0.2, 0.25) is 0 Å². The molecule has 6 nitrogen and oxygen atoms in total. The number of ether oxygens (including phenoxy) is 2. The van der Waals surface area contributed by atoms with E-state index in [4.69, 9.17) is 14.5 Å². The molecule has 4 aromatic rings. The highest BCUT2D eigenvalue weighted by atomic mass is 32.1. The molecule has 0 aliphatic heterocycles. The van der Waals surface area contributed by atoms with E-state index in [1.54, 1.807) is 25.6 Å². The number of nitrogens with zero attached hydrogens (tertiary/aromatic N) is 2. The lowest BCUT2D eigenvalue weighted by Crippen LogP contribution is -2.32. The van der Waals surface area contributed by atoms with Crippen LogP contribution in [0.4, 0.5) is 0 Å². The van der Waals surface area contributed by atoms with E-state index in [1.165, 1.54) is 5.56 Å². The van der Waals surface area contributed by atoms with Gasteiger partial charge in [0.05, 0.1) is 31.2 Å². The van der Waals surface area contributed by atoms with Crippen LogP contribution >= 0.6 is 11.3 Å². The number of carbonyl (C=O) groups excluding carboxylic acids is 1. The third-order valence-electron chi connectivity index (χ3n) is 6.49. The predicted octanol–water partition coefficient (Wildman–Crippen LogP) is 6.38. The Bertz CT molecular complexity index is 1310. The van der Waals surface area contributed by atoms with Gasteiger partial charge in [0.1, 0.15) is 16.5 Å². The molecule has 0 saturated heterocycles. The predicted molar refractivity (Wildman–Crippen MR) is 146 cm³/mol. The number of hydrogen-bond acceptors (Lipinski definition) is 5. The van der Waals surface area contributed by atoms with Crippen LogP contribution in [-0.4, -0.2) is 35.7 Å². The first kappa shape index (κ1) is 25.5. The van der Waals surface area contributed by atoms with E-state index in [-0.39, 0.29) is 11.9 Å². The van der Waals surface area contributed by atoms with Crippen LogP contribution in [0.3, 0.4) is 0 Å². The Hall–Kier alpha value is -3.58. The molecule has 0 spiro atoms. The molecule has 1 atom stereocenters. The van der Waals surface area contributed by atoms with E-state index in [2.05, 4.69) is 34.3 Å². The molecule has 0 saturated carbocycles. The fourth-order valence-corrected chi connectivity index (χ4v) is 4.89. The van der Waals surface area contributed by atoms with Crippen LogP contribution in [0.15, 0.2) is 60.0 Å². The van der Waals surface area contributed by atoms with Crippen LogP contribution in [0.5, 0.6) is 11.5 Å². The van der Waals surface area contributed by atoms with E-state index in [9.17, 15) is 4.79 Å². The van der Waals surface area contributed by atoms with Crippen molar-refractivity contribution in [3.63, 3.8) is 0 Å². The number of amides is 1. The topological polar surface area (TPSA) is 65.4 Å². The maximum Gasteiger partial charge on any atom is 0.253 e. The molecule has 0 fully saturated rings. The fraction of sp³-hybridized carbons (Fsp3) is 0.310. The minimum atomic E-state index is -0.0445. The Morgan fingerprint density at radius 2 is 1.69 bits per heavy atom. The van der Waals surface area contributed by atoms with Crippen molar-refractivity contribution in [2.45, 2.75) is 46.2 Å². The summed E-state index contributed by atoms with van der Waals surface area (Å²) in [5, 5.41) is 6.10. The molecule has 2 aromatic carbocycles. The summed E-state index contributed by atoms with van der Waals surface area (Å²) in [4.78, 5) is 18.0. The van der Waals surface area contributed by atoms with Crippen molar-refractivity contribution in [1.29, 1.82) is 0 Å². The molecule has 0 aliphatic rings. The number of hydrogen-bond donors (Lipinski definition) is 1. The first-order valence-corrected chi connectivity index (χ1v) is 13.1. The molecule has 7 heteroatoms. The Morgan fingerprint density at radius 1 is 1.06 bits per heavy atom. The molecule has 0 bridgehead atoms. The first-order valence-electron chi connectivity index (χ1n) is 12.2. The van der Waals surface area contributed by atoms with Gasteiger partial charge in [-0.3, -0.25) is 4.79 Å². The monoisotopic (exact) mass is 503 g/mol. The van der Waals surface area contributed by atoms with Gasteiger partial charge in [-0.25, -0.2) is 4.98 Å². The third kappa shape index (κ3) is 5.62. The SMILES string of the molecule is CCC(C)NC(=O)c1cc(-c2csc(-c3ccc(OC)cc3)n2)n(CCc2ccc(OC)cc2)c1C. The summed E-state index contributed by atoms with van der Waals surface area (Å²) in [7, 11) is 3.33. The van der Waals surface area contributed by atoms with Crippen LogP contribution < -0.4 is 14.8 Å². The van der Waals surface area contributed by atoms with Crippen LogP contribution in [0.1, 0.15) is 41.9 Å². The van der Waals surface area contributed by atoms with Crippen molar-refractivity contribution in [3.8, 4) is 33.5 Å². The van der Waals surface area contributed by atoms with Crippen molar-refractivity contribution < 1.29 is 14.3 Å². The first-order chi connectivity index (χ1) is 17.4. The Morgan fingerprint density at radius 3 is 2.31 bits per heavy atom. The van der Waals surface area contributed by atoms with Crippen molar-refractivity contribution in [2.75, 3.05) is 14.2 Å². The average Bonchev–Trinajstić information content (AvgIpc) is 3.52. The molecule has 2 aromatic heterocycles. The second-order valence-corrected chi connectivity index (χ2v) is 9.69. The normalized spacial score (nSPS) is 11.8. The molecule has 1 unspecified atom stereocenters. The van der Waals surface area contributed by atoms with Gasteiger partial charge in [0.25, 0.3) is 5.91 Å². The lowest BCUT2D eigenvalue weighted by Gasteiger charge is -2.13. The van der Waals surface area contributed by atoms with Gasteiger partial charge >= 0.3 is 0 Å². The molecule has 1 N–H and O–H groups in total. The lowest BCUT2D eigenvalue weighted by atomic mass is 10.1. The molecule has 0 aliphatic carbocycles. The summed E-state index contributed by atoms with van der Waals surface area (Å²) in [6.07, 6.45) is 1.71. The van der Waals surface area contributed by atoms with E-state index < -0.39 is 0 Å². The zero-order valence-corrected chi connectivity index (χ0v) is 22.3. The highest BCUT2D eigenvalue weighted by molar-refractivity contribution is 7.13. The van der Waals surface area contributed by atoms with Gasteiger partial charge in [-0.05, 0) is 74.7 Å².